The van der Waals surface area contributed by atoms with E-state index < -0.39 is 5.54 Å². The van der Waals surface area contributed by atoms with Crippen LogP contribution in [0, 0.1) is 0 Å². The lowest BCUT2D eigenvalue weighted by Crippen LogP contribution is -2.60. The minimum atomic E-state index is -0.437. The summed E-state index contributed by atoms with van der Waals surface area (Å²) in [5.74, 6) is 0.173. The van der Waals surface area contributed by atoms with Crippen LogP contribution in [0.3, 0.4) is 0 Å². The lowest BCUT2D eigenvalue weighted by atomic mass is 10.0. The highest BCUT2D eigenvalue weighted by Gasteiger charge is 2.34. The van der Waals surface area contributed by atoms with Crippen molar-refractivity contribution in [1.82, 2.24) is 10.2 Å². The van der Waals surface area contributed by atoms with Crippen molar-refractivity contribution in [2.75, 3.05) is 13.1 Å². The van der Waals surface area contributed by atoms with Gasteiger partial charge in [0.05, 0.1) is 5.54 Å². The summed E-state index contributed by atoms with van der Waals surface area (Å²) in [5, 5.41) is 3.23. The number of carbonyl (C=O) groups excluding carboxylic acids is 1. The number of amides is 1. The third kappa shape index (κ3) is 2.87. The van der Waals surface area contributed by atoms with Crippen LogP contribution in [-0.2, 0) is 11.3 Å². The van der Waals surface area contributed by atoms with Gasteiger partial charge >= 0.3 is 0 Å². The first-order chi connectivity index (χ1) is 7.99. The third-order valence-electron chi connectivity index (χ3n) is 3.06. The Balaban J connectivity index is 2.08. The smallest absolute Gasteiger partial charge is 0.242 e. The van der Waals surface area contributed by atoms with Crippen LogP contribution in [0.1, 0.15) is 19.4 Å². The lowest BCUT2D eigenvalue weighted by Gasteiger charge is -2.38. The maximum atomic E-state index is 12.2. The zero-order chi connectivity index (χ0) is 12.5. The number of nitrogens with zero attached hydrogens (tertiary/aromatic N) is 1. The molecule has 0 bridgehead atoms. The number of benzene rings is 1. The number of rotatable bonds is 2. The van der Waals surface area contributed by atoms with Gasteiger partial charge in [-0.25, -0.2) is 0 Å². The second-order valence-electron chi connectivity index (χ2n) is 4.90. The maximum absolute atomic E-state index is 12.2. The molecule has 0 saturated carbocycles. The van der Waals surface area contributed by atoms with Crippen molar-refractivity contribution < 1.29 is 4.79 Å². The Morgan fingerprint density at radius 2 is 2.00 bits per heavy atom. The molecular formula is C13H17BrN2O. The average molecular weight is 297 g/mol. The molecule has 0 aliphatic carbocycles. The normalized spacial score (nSPS) is 19.5. The Kier molecular flexibility index (Phi) is 3.54. The summed E-state index contributed by atoms with van der Waals surface area (Å²) in [6.07, 6.45) is 0. The highest BCUT2D eigenvalue weighted by Crippen LogP contribution is 2.17. The van der Waals surface area contributed by atoms with Gasteiger partial charge in [-0.15, -0.1) is 0 Å². The minimum Gasteiger partial charge on any atom is -0.336 e. The van der Waals surface area contributed by atoms with Crippen molar-refractivity contribution in [2.24, 2.45) is 0 Å². The van der Waals surface area contributed by atoms with Crippen molar-refractivity contribution in [3.63, 3.8) is 0 Å². The molecular weight excluding hydrogens is 280 g/mol. The molecule has 1 aliphatic rings. The Labute approximate surface area is 110 Å². The first-order valence-electron chi connectivity index (χ1n) is 5.78. The quantitative estimate of drug-likeness (QED) is 0.907. The van der Waals surface area contributed by atoms with E-state index in [9.17, 15) is 4.79 Å². The fourth-order valence-corrected chi connectivity index (χ4v) is 2.30. The molecule has 2 rings (SSSR count). The molecule has 4 heteroatoms. The van der Waals surface area contributed by atoms with Crippen LogP contribution >= 0.6 is 15.9 Å². The summed E-state index contributed by atoms with van der Waals surface area (Å²) in [6, 6.07) is 8.11. The van der Waals surface area contributed by atoms with Gasteiger partial charge in [0.2, 0.25) is 5.91 Å². The molecule has 1 aromatic carbocycles. The molecule has 0 unspecified atom stereocenters. The predicted octanol–water partition coefficient (Wildman–Crippen LogP) is 2.16. The number of hydrogen-bond acceptors (Lipinski definition) is 2. The van der Waals surface area contributed by atoms with Crippen LogP contribution in [0.15, 0.2) is 28.7 Å². The SMILES string of the molecule is CC1(C)NCCN(Cc2ccc(Br)cc2)C1=O. The molecule has 17 heavy (non-hydrogen) atoms. The summed E-state index contributed by atoms with van der Waals surface area (Å²) in [4.78, 5) is 14.1. The molecule has 1 N–H and O–H groups in total. The van der Waals surface area contributed by atoms with Crippen LogP contribution in [0.2, 0.25) is 0 Å². The molecule has 0 aromatic heterocycles. The summed E-state index contributed by atoms with van der Waals surface area (Å²) in [7, 11) is 0. The summed E-state index contributed by atoms with van der Waals surface area (Å²) in [6.45, 7) is 6.19. The van der Waals surface area contributed by atoms with Crippen LogP contribution in [0.5, 0.6) is 0 Å². The van der Waals surface area contributed by atoms with Gasteiger partial charge in [0, 0.05) is 24.1 Å². The summed E-state index contributed by atoms with van der Waals surface area (Å²) < 4.78 is 1.06. The summed E-state index contributed by atoms with van der Waals surface area (Å²) in [5.41, 5.74) is 0.729. The van der Waals surface area contributed by atoms with E-state index >= 15 is 0 Å². The molecule has 0 spiro atoms. The Morgan fingerprint density at radius 3 is 2.65 bits per heavy atom. The molecule has 0 radical (unpaired) electrons. The average Bonchev–Trinajstić information content (AvgIpc) is 2.28. The highest BCUT2D eigenvalue weighted by molar-refractivity contribution is 9.10. The molecule has 1 amide bonds. The van der Waals surface area contributed by atoms with Crippen LogP contribution < -0.4 is 5.32 Å². The van der Waals surface area contributed by atoms with Crippen molar-refractivity contribution >= 4 is 21.8 Å². The number of halogens is 1. The van der Waals surface area contributed by atoms with Gasteiger partial charge in [0.1, 0.15) is 0 Å². The Morgan fingerprint density at radius 1 is 1.35 bits per heavy atom. The van der Waals surface area contributed by atoms with Crippen LogP contribution in [0.25, 0.3) is 0 Å². The van der Waals surface area contributed by atoms with E-state index in [1.54, 1.807) is 0 Å². The number of carbonyl (C=O) groups is 1. The van der Waals surface area contributed by atoms with E-state index in [0.717, 1.165) is 17.6 Å². The fraction of sp³-hybridized carbons (Fsp3) is 0.462. The van der Waals surface area contributed by atoms with E-state index in [0.29, 0.717) is 6.54 Å². The monoisotopic (exact) mass is 296 g/mol. The maximum Gasteiger partial charge on any atom is 0.242 e. The van der Waals surface area contributed by atoms with Crippen molar-refractivity contribution in [3.8, 4) is 0 Å². The molecule has 1 heterocycles. The molecule has 3 nitrogen and oxygen atoms in total. The highest BCUT2D eigenvalue weighted by atomic mass is 79.9. The molecule has 92 valence electrons. The third-order valence-corrected chi connectivity index (χ3v) is 3.59. The Bertz CT molecular complexity index is 414. The minimum absolute atomic E-state index is 0.173. The number of piperazine rings is 1. The lowest BCUT2D eigenvalue weighted by molar-refractivity contribution is -0.140. The van der Waals surface area contributed by atoms with E-state index in [1.807, 2.05) is 43.0 Å². The molecule has 1 saturated heterocycles. The van der Waals surface area contributed by atoms with Crippen molar-refractivity contribution in [1.29, 1.82) is 0 Å². The zero-order valence-electron chi connectivity index (χ0n) is 10.2. The predicted molar refractivity (Wildman–Crippen MR) is 71.6 cm³/mol. The zero-order valence-corrected chi connectivity index (χ0v) is 11.8. The van der Waals surface area contributed by atoms with E-state index in [4.69, 9.17) is 0 Å². The molecule has 1 aromatic rings. The molecule has 0 atom stereocenters. The van der Waals surface area contributed by atoms with Crippen LogP contribution in [-0.4, -0.2) is 29.4 Å². The van der Waals surface area contributed by atoms with Gasteiger partial charge in [0.25, 0.3) is 0 Å². The summed E-state index contributed by atoms with van der Waals surface area (Å²) >= 11 is 3.41. The second-order valence-corrected chi connectivity index (χ2v) is 5.82. The molecule has 1 fully saturated rings. The number of nitrogens with one attached hydrogen (secondary N) is 1. The second kappa shape index (κ2) is 4.78. The van der Waals surface area contributed by atoms with E-state index in [-0.39, 0.29) is 5.91 Å². The van der Waals surface area contributed by atoms with Crippen molar-refractivity contribution in [3.05, 3.63) is 34.3 Å². The van der Waals surface area contributed by atoms with Crippen LogP contribution in [0.4, 0.5) is 0 Å². The van der Waals surface area contributed by atoms with Gasteiger partial charge in [-0.05, 0) is 31.5 Å². The largest absolute Gasteiger partial charge is 0.336 e. The standard InChI is InChI=1S/C13H17BrN2O/c1-13(2)12(17)16(8-7-15-13)9-10-3-5-11(14)6-4-10/h3-6,15H,7-9H2,1-2H3. The fourth-order valence-electron chi connectivity index (χ4n) is 2.04. The Hall–Kier alpha value is -0.870. The van der Waals surface area contributed by atoms with E-state index in [2.05, 4.69) is 21.2 Å². The van der Waals surface area contributed by atoms with Gasteiger partial charge in [-0.3, -0.25) is 4.79 Å². The van der Waals surface area contributed by atoms with Gasteiger partial charge in [-0.1, -0.05) is 28.1 Å². The van der Waals surface area contributed by atoms with E-state index in [1.165, 1.54) is 5.56 Å². The van der Waals surface area contributed by atoms with Gasteiger partial charge in [0.15, 0.2) is 0 Å². The topological polar surface area (TPSA) is 32.3 Å². The molecule has 1 aliphatic heterocycles. The van der Waals surface area contributed by atoms with Gasteiger partial charge in [-0.2, -0.15) is 0 Å². The van der Waals surface area contributed by atoms with Crippen molar-refractivity contribution in [2.45, 2.75) is 25.9 Å². The van der Waals surface area contributed by atoms with Gasteiger partial charge < -0.3 is 10.2 Å². The number of hydrogen-bond donors (Lipinski definition) is 1. The first-order valence-corrected chi connectivity index (χ1v) is 6.57. The first kappa shape index (κ1) is 12.6.